The normalized spacial score (nSPS) is 14.3. The van der Waals surface area contributed by atoms with E-state index in [9.17, 15) is 4.79 Å². The smallest absolute Gasteiger partial charge is 0.185 e. The third kappa shape index (κ3) is 5.14. The highest BCUT2D eigenvalue weighted by Gasteiger charge is 2.11. The Bertz CT molecular complexity index is 808. The molecule has 0 N–H and O–H groups in total. The molecule has 1 heterocycles. The Balaban J connectivity index is 1.68. The standard InChI is InChI=1S/C23H27NO4/c1-3-27-22-12-6-18(17-23(22)28-4-2)5-11-21(25)19-7-9-20(10-8-19)24-13-15-26-16-14-24/h5-12,17H,3-4,13-16H2,1-2H3. The van der Waals surface area contributed by atoms with Crippen LogP contribution in [0.15, 0.2) is 48.5 Å². The van der Waals surface area contributed by atoms with Crippen molar-refractivity contribution in [1.29, 1.82) is 0 Å². The fourth-order valence-corrected chi connectivity index (χ4v) is 3.10. The number of anilines is 1. The van der Waals surface area contributed by atoms with Crippen LogP contribution in [0.5, 0.6) is 11.5 Å². The van der Waals surface area contributed by atoms with Gasteiger partial charge in [0.15, 0.2) is 17.3 Å². The zero-order chi connectivity index (χ0) is 19.8. The van der Waals surface area contributed by atoms with E-state index in [2.05, 4.69) is 4.90 Å². The zero-order valence-corrected chi connectivity index (χ0v) is 16.5. The highest BCUT2D eigenvalue weighted by Crippen LogP contribution is 2.29. The topological polar surface area (TPSA) is 48.0 Å². The Kier molecular flexibility index (Phi) is 7.09. The molecule has 0 bridgehead atoms. The van der Waals surface area contributed by atoms with E-state index >= 15 is 0 Å². The molecule has 1 aliphatic rings. The number of hydrogen-bond acceptors (Lipinski definition) is 5. The number of ether oxygens (including phenoxy) is 3. The summed E-state index contributed by atoms with van der Waals surface area (Å²) in [6.07, 6.45) is 3.39. The summed E-state index contributed by atoms with van der Waals surface area (Å²) in [5, 5.41) is 0. The number of rotatable bonds is 8. The summed E-state index contributed by atoms with van der Waals surface area (Å²) < 4.78 is 16.6. The second kappa shape index (κ2) is 9.95. The third-order valence-electron chi connectivity index (χ3n) is 4.52. The fourth-order valence-electron chi connectivity index (χ4n) is 3.10. The van der Waals surface area contributed by atoms with E-state index in [-0.39, 0.29) is 5.78 Å². The van der Waals surface area contributed by atoms with Gasteiger partial charge in [-0.3, -0.25) is 4.79 Å². The van der Waals surface area contributed by atoms with E-state index in [4.69, 9.17) is 14.2 Å². The molecule has 0 aromatic heterocycles. The lowest BCUT2D eigenvalue weighted by Gasteiger charge is -2.28. The number of carbonyl (C=O) groups excluding carboxylic acids is 1. The van der Waals surface area contributed by atoms with Gasteiger partial charge in [-0.1, -0.05) is 12.1 Å². The molecule has 5 nitrogen and oxygen atoms in total. The molecule has 5 heteroatoms. The van der Waals surface area contributed by atoms with Crippen LogP contribution >= 0.6 is 0 Å². The maximum absolute atomic E-state index is 12.5. The first-order valence-electron chi connectivity index (χ1n) is 9.76. The molecule has 0 radical (unpaired) electrons. The van der Waals surface area contributed by atoms with E-state index in [1.165, 1.54) is 0 Å². The zero-order valence-electron chi connectivity index (χ0n) is 16.5. The molecule has 1 fully saturated rings. The van der Waals surface area contributed by atoms with E-state index in [0.717, 1.165) is 37.6 Å². The Labute approximate surface area is 166 Å². The molecule has 1 saturated heterocycles. The monoisotopic (exact) mass is 381 g/mol. The summed E-state index contributed by atoms with van der Waals surface area (Å²) in [5.74, 6) is 1.38. The maximum Gasteiger partial charge on any atom is 0.185 e. The van der Waals surface area contributed by atoms with E-state index in [1.807, 2.05) is 56.3 Å². The number of hydrogen-bond donors (Lipinski definition) is 0. The highest BCUT2D eigenvalue weighted by molar-refractivity contribution is 6.07. The first-order chi connectivity index (χ1) is 13.7. The quantitative estimate of drug-likeness (QED) is 0.506. The van der Waals surface area contributed by atoms with Crippen LogP contribution in [0.3, 0.4) is 0 Å². The van der Waals surface area contributed by atoms with Crippen molar-refractivity contribution in [3.63, 3.8) is 0 Å². The minimum atomic E-state index is -0.0274. The molecular weight excluding hydrogens is 354 g/mol. The van der Waals surface area contributed by atoms with Gasteiger partial charge in [-0.05, 0) is 61.9 Å². The molecule has 0 amide bonds. The largest absolute Gasteiger partial charge is 0.490 e. The average Bonchev–Trinajstić information content (AvgIpc) is 2.75. The minimum Gasteiger partial charge on any atom is -0.490 e. The Morgan fingerprint density at radius 3 is 2.36 bits per heavy atom. The minimum absolute atomic E-state index is 0.0274. The predicted octanol–water partition coefficient (Wildman–Crippen LogP) is 4.22. The van der Waals surface area contributed by atoms with E-state index in [0.29, 0.717) is 30.3 Å². The van der Waals surface area contributed by atoms with Crippen LogP contribution in [-0.4, -0.2) is 45.3 Å². The summed E-state index contributed by atoms with van der Waals surface area (Å²) in [5.41, 5.74) is 2.69. The van der Waals surface area contributed by atoms with Crippen molar-refractivity contribution >= 4 is 17.5 Å². The van der Waals surface area contributed by atoms with Gasteiger partial charge in [-0.2, -0.15) is 0 Å². The summed E-state index contributed by atoms with van der Waals surface area (Å²) >= 11 is 0. The maximum atomic E-state index is 12.5. The van der Waals surface area contributed by atoms with Crippen LogP contribution in [0.1, 0.15) is 29.8 Å². The Morgan fingerprint density at radius 1 is 1.00 bits per heavy atom. The molecule has 1 aliphatic heterocycles. The Morgan fingerprint density at radius 2 is 1.68 bits per heavy atom. The predicted molar refractivity (Wildman–Crippen MR) is 112 cm³/mol. The first kappa shape index (κ1) is 20.0. The summed E-state index contributed by atoms with van der Waals surface area (Å²) in [4.78, 5) is 14.8. The second-order valence-corrected chi connectivity index (χ2v) is 6.42. The number of nitrogens with zero attached hydrogens (tertiary/aromatic N) is 1. The van der Waals surface area contributed by atoms with Crippen LogP contribution in [0.4, 0.5) is 5.69 Å². The SMILES string of the molecule is CCOc1ccc(C=CC(=O)c2ccc(N3CCOCC3)cc2)cc1OCC. The first-order valence-corrected chi connectivity index (χ1v) is 9.76. The van der Waals surface area contributed by atoms with Gasteiger partial charge in [0.2, 0.25) is 0 Å². The Hall–Kier alpha value is -2.79. The van der Waals surface area contributed by atoms with Crippen molar-refractivity contribution < 1.29 is 19.0 Å². The summed E-state index contributed by atoms with van der Waals surface area (Å²) in [7, 11) is 0. The van der Waals surface area contributed by atoms with Crippen LogP contribution in [0.25, 0.3) is 6.08 Å². The average molecular weight is 381 g/mol. The lowest BCUT2D eigenvalue weighted by molar-refractivity contribution is 0.104. The van der Waals surface area contributed by atoms with Crippen LogP contribution in [-0.2, 0) is 4.74 Å². The second-order valence-electron chi connectivity index (χ2n) is 6.42. The van der Waals surface area contributed by atoms with Crippen molar-refractivity contribution in [2.24, 2.45) is 0 Å². The summed E-state index contributed by atoms with van der Waals surface area (Å²) in [6.45, 7) is 8.26. The molecule has 3 rings (SSSR count). The molecule has 0 saturated carbocycles. The van der Waals surface area contributed by atoms with E-state index < -0.39 is 0 Å². The summed E-state index contributed by atoms with van der Waals surface area (Å²) in [6, 6.07) is 13.4. The van der Waals surface area contributed by atoms with Gasteiger partial charge >= 0.3 is 0 Å². The van der Waals surface area contributed by atoms with Gasteiger partial charge in [-0.15, -0.1) is 0 Å². The fraction of sp³-hybridized carbons (Fsp3) is 0.348. The number of morpholine rings is 1. The van der Waals surface area contributed by atoms with Gasteiger partial charge in [0.25, 0.3) is 0 Å². The number of allylic oxidation sites excluding steroid dienone is 1. The van der Waals surface area contributed by atoms with Crippen LogP contribution < -0.4 is 14.4 Å². The van der Waals surface area contributed by atoms with Crippen LogP contribution in [0.2, 0.25) is 0 Å². The molecule has 0 unspecified atom stereocenters. The molecule has 0 atom stereocenters. The number of benzene rings is 2. The number of carbonyl (C=O) groups is 1. The van der Waals surface area contributed by atoms with Gasteiger partial charge in [0.1, 0.15) is 0 Å². The van der Waals surface area contributed by atoms with Crippen molar-refractivity contribution in [3.8, 4) is 11.5 Å². The molecule has 2 aromatic rings. The van der Waals surface area contributed by atoms with Gasteiger partial charge in [-0.25, -0.2) is 0 Å². The van der Waals surface area contributed by atoms with Gasteiger partial charge in [0.05, 0.1) is 26.4 Å². The molecular formula is C23H27NO4. The van der Waals surface area contributed by atoms with Gasteiger partial charge in [0, 0.05) is 24.3 Å². The van der Waals surface area contributed by atoms with Crippen molar-refractivity contribution in [1.82, 2.24) is 0 Å². The highest BCUT2D eigenvalue weighted by atomic mass is 16.5. The van der Waals surface area contributed by atoms with Crippen LogP contribution in [0, 0.1) is 0 Å². The third-order valence-corrected chi connectivity index (χ3v) is 4.52. The van der Waals surface area contributed by atoms with E-state index in [1.54, 1.807) is 12.2 Å². The molecule has 148 valence electrons. The molecule has 28 heavy (non-hydrogen) atoms. The van der Waals surface area contributed by atoms with Crippen molar-refractivity contribution in [2.45, 2.75) is 13.8 Å². The lowest BCUT2D eigenvalue weighted by atomic mass is 10.1. The molecule has 0 aliphatic carbocycles. The molecule has 2 aromatic carbocycles. The number of ketones is 1. The van der Waals surface area contributed by atoms with Crippen molar-refractivity contribution in [3.05, 3.63) is 59.7 Å². The van der Waals surface area contributed by atoms with Gasteiger partial charge < -0.3 is 19.1 Å². The lowest BCUT2D eigenvalue weighted by Crippen LogP contribution is -2.36. The molecule has 0 spiro atoms. The van der Waals surface area contributed by atoms with Crippen molar-refractivity contribution in [2.75, 3.05) is 44.4 Å².